The molecule has 0 saturated carbocycles. The molecule has 0 saturated heterocycles. The topological polar surface area (TPSA) is 59.8 Å². The fraction of sp³-hybridized carbons (Fsp3) is 0.333. The lowest BCUT2D eigenvalue weighted by molar-refractivity contribution is -0.143. The van der Waals surface area contributed by atoms with Crippen LogP contribution in [0.2, 0.25) is 0 Å². The number of hydrogen-bond donors (Lipinski definition) is 0. The van der Waals surface area contributed by atoms with E-state index < -0.39 is 5.97 Å². The molecule has 2 rings (SSSR count). The Hall–Kier alpha value is -2.30. The highest BCUT2D eigenvalue weighted by atomic mass is 16.5. The van der Waals surface area contributed by atoms with Crippen molar-refractivity contribution in [3.8, 4) is 0 Å². The summed E-state index contributed by atoms with van der Waals surface area (Å²) in [6.45, 7) is 3.90. The summed E-state index contributed by atoms with van der Waals surface area (Å²) in [7, 11) is 1.54. The molecule has 1 aromatic carbocycles. The molecule has 0 fully saturated rings. The van der Waals surface area contributed by atoms with Crippen LogP contribution in [0.5, 0.6) is 0 Å². The Morgan fingerprint density at radius 3 is 2.75 bits per heavy atom. The highest BCUT2D eigenvalue weighted by molar-refractivity contribution is 5.97. The van der Waals surface area contributed by atoms with Crippen molar-refractivity contribution in [1.82, 2.24) is 4.90 Å². The number of amides is 1. The normalized spacial score (nSPS) is 10.6. The summed E-state index contributed by atoms with van der Waals surface area (Å²) in [6.07, 6.45) is 0. The van der Waals surface area contributed by atoms with Gasteiger partial charge in [0.05, 0.1) is 6.61 Å². The maximum atomic E-state index is 12.2. The molecule has 5 heteroatoms. The van der Waals surface area contributed by atoms with E-state index in [0.29, 0.717) is 12.2 Å². The number of fused-ring (bicyclic) bond motifs is 1. The maximum Gasteiger partial charge on any atom is 0.325 e. The van der Waals surface area contributed by atoms with Crippen LogP contribution in [0.4, 0.5) is 0 Å². The lowest BCUT2D eigenvalue weighted by Crippen LogP contribution is -2.32. The Morgan fingerprint density at radius 2 is 2.05 bits per heavy atom. The first-order valence-corrected chi connectivity index (χ1v) is 6.42. The van der Waals surface area contributed by atoms with Crippen LogP contribution in [0.3, 0.4) is 0 Å². The largest absolute Gasteiger partial charge is 0.465 e. The molecule has 1 amide bonds. The Morgan fingerprint density at radius 1 is 1.30 bits per heavy atom. The van der Waals surface area contributed by atoms with Gasteiger partial charge in [-0.15, -0.1) is 0 Å². The third kappa shape index (κ3) is 2.99. The number of likely N-dealkylation sites (N-methyl/N-ethyl adjacent to an activating group) is 1. The number of esters is 1. The number of furan rings is 1. The molecule has 2 aromatic rings. The van der Waals surface area contributed by atoms with Crippen LogP contribution in [-0.2, 0) is 9.53 Å². The van der Waals surface area contributed by atoms with Gasteiger partial charge < -0.3 is 14.1 Å². The quantitative estimate of drug-likeness (QED) is 0.804. The standard InChI is InChI=1S/C15H17NO4/c1-4-19-14(17)9-16(3)15(18)13-8-11-7-10(2)5-6-12(11)20-13/h5-8H,4,9H2,1-3H3. The van der Waals surface area contributed by atoms with Crippen LogP contribution in [0, 0.1) is 6.92 Å². The van der Waals surface area contributed by atoms with Crippen LogP contribution in [0.25, 0.3) is 11.0 Å². The van der Waals surface area contributed by atoms with Gasteiger partial charge >= 0.3 is 5.97 Å². The summed E-state index contributed by atoms with van der Waals surface area (Å²) in [5.74, 6) is -0.556. The van der Waals surface area contributed by atoms with Gasteiger partial charge in [-0.3, -0.25) is 9.59 Å². The van der Waals surface area contributed by atoms with Crippen molar-refractivity contribution in [3.05, 3.63) is 35.6 Å². The first kappa shape index (κ1) is 14.1. The number of carbonyl (C=O) groups excluding carboxylic acids is 2. The number of benzene rings is 1. The molecule has 0 radical (unpaired) electrons. The zero-order valence-electron chi connectivity index (χ0n) is 11.8. The van der Waals surface area contributed by atoms with Gasteiger partial charge in [0.15, 0.2) is 5.76 Å². The molecule has 0 aliphatic heterocycles. The third-order valence-corrected chi connectivity index (χ3v) is 2.90. The molecule has 20 heavy (non-hydrogen) atoms. The lowest BCUT2D eigenvalue weighted by atomic mass is 10.2. The minimum atomic E-state index is -0.435. The van der Waals surface area contributed by atoms with Crippen molar-refractivity contribution < 1.29 is 18.7 Å². The van der Waals surface area contributed by atoms with Gasteiger partial charge in [-0.05, 0) is 32.0 Å². The second-order valence-electron chi connectivity index (χ2n) is 4.62. The Kier molecular flexibility index (Phi) is 4.08. The Balaban J connectivity index is 2.16. The minimum Gasteiger partial charge on any atom is -0.465 e. The van der Waals surface area contributed by atoms with E-state index in [2.05, 4.69) is 0 Å². The fourth-order valence-electron chi connectivity index (χ4n) is 1.93. The number of ether oxygens (including phenoxy) is 1. The Labute approximate surface area is 117 Å². The summed E-state index contributed by atoms with van der Waals surface area (Å²) in [6, 6.07) is 7.38. The summed E-state index contributed by atoms with van der Waals surface area (Å²) >= 11 is 0. The summed E-state index contributed by atoms with van der Waals surface area (Å²) < 4.78 is 10.3. The SMILES string of the molecule is CCOC(=O)CN(C)C(=O)c1cc2cc(C)ccc2o1. The molecule has 0 N–H and O–H groups in total. The average Bonchev–Trinajstić information content (AvgIpc) is 2.80. The van der Waals surface area contributed by atoms with Gasteiger partial charge in [-0.25, -0.2) is 0 Å². The van der Waals surface area contributed by atoms with E-state index >= 15 is 0 Å². The van der Waals surface area contributed by atoms with E-state index in [9.17, 15) is 9.59 Å². The third-order valence-electron chi connectivity index (χ3n) is 2.90. The number of rotatable bonds is 4. The van der Waals surface area contributed by atoms with Crippen molar-refractivity contribution in [2.75, 3.05) is 20.2 Å². The molecule has 0 unspecified atom stereocenters. The second-order valence-corrected chi connectivity index (χ2v) is 4.62. The van der Waals surface area contributed by atoms with Crippen molar-refractivity contribution in [2.45, 2.75) is 13.8 Å². The number of aryl methyl sites for hydroxylation is 1. The first-order chi connectivity index (χ1) is 9.51. The van der Waals surface area contributed by atoms with Gasteiger partial charge in [-0.2, -0.15) is 0 Å². The van der Waals surface area contributed by atoms with Gasteiger partial charge in [0.2, 0.25) is 0 Å². The van der Waals surface area contributed by atoms with E-state index in [1.807, 2.05) is 25.1 Å². The maximum absolute atomic E-state index is 12.2. The molecular weight excluding hydrogens is 258 g/mol. The lowest BCUT2D eigenvalue weighted by Gasteiger charge is -2.14. The van der Waals surface area contributed by atoms with Crippen molar-refractivity contribution >= 4 is 22.8 Å². The van der Waals surface area contributed by atoms with E-state index in [4.69, 9.17) is 9.15 Å². The molecule has 0 bridgehead atoms. The van der Waals surface area contributed by atoms with Crippen LogP contribution < -0.4 is 0 Å². The first-order valence-electron chi connectivity index (χ1n) is 6.42. The van der Waals surface area contributed by atoms with Crippen molar-refractivity contribution in [2.24, 2.45) is 0 Å². The Bertz CT molecular complexity index is 644. The van der Waals surface area contributed by atoms with Gasteiger partial charge in [0.1, 0.15) is 12.1 Å². The molecular formula is C15H17NO4. The van der Waals surface area contributed by atoms with Gasteiger partial charge in [0.25, 0.3) is 5.91 Å². The molecule has 1 aromatic heterocycles. The zero-order valence-corrected chi connectivity index (χ0v) is 11.8. The summed E-state index contributed by atoms with van der Waals surface area (Å²) in [5.41, 5.74) is 1.75. The molecule has 5 nitrogen and oxygen atoms in total. The highest BCUT2D eigenvalue weighted by Crippen LogP contribution is 2.21. The van der Waals surface area contributed by atoms with E-state index in [0.717, 1.165) is 10.9 Å². The number of hydrogen-bond acceptors (Lipinski definition) is 4. The smallest absolute Gasteiger partial charge is 0.325 e. The van der Waals surface area contributed by atoms with Crippen molar-refractivity contribution in [3.63, 3.8) is 0 Å². The van der Waals surface area contributed by atoms with Crippen LogP contribution in [0.15, 0.2) is 28.7 Å². The predicted octanol–water partition coefficient (Wildman–Crippen LogP) is 2.38. The molecule has 1 heterocycles. The minimum absolute atomic E-state index is 0.0945. The molecule has 0 aliphatic rings. The molecule has 0 aliphatic carbocycles. The van der Waals surface area contributed by atoms with Crippen LogP contribution in [0.1, 0.15) is 23.0 Å². The molecule has 106 valence electrons. The fourth-order valence-corrected chi connectivity index (χ4v) is 1.93. The van der Waals surface area contributed by atoms with E-state index in [1.54, 1.807) is 13.0 Å². The van der Waals surface area contributed by atoms with Crippen molar-refractivity contribution in [1.29, 1.82) is 0 Å². The highest BCUT2D eigenvalue weighted by Gasteiger charge is 2.19. The number of carbonyl (C=O) groups is 2. The molecule has 0 atom stereocenters. The summed E-state index contributed by atoms with van der Waals surface area (Å²) in [4.78, 5) is 24.8. The second kappa shape index (κ2) is 5.77. The number of nitrogens with zero attached hydrogens (tertiary/aromatic N) is 1. The van der Waals surface area contributed by atoms with Gasteiger partial charge in [0, 0.05) is 12.4 Å². The van der Waals surface area contributed by atoms with Crippen LogP contribution >= 0.6 is 0 Å². The van der Waals surface area contributed by atoms with Gasteiger partial charge in [-0.1, -0.05) is 11.6 Å². The van der Waals surface area contributed by atoms with Crippen LogP contribution in [-0.4, -0.2) is 37.0 Å². The average molecular weight is 275 g/mol. The predicted molar refractivity (Wildman–Crippen MR) is 74.5 cm³/mol. The summed E-state index contributed by atoms with van der Waals surface area (Å²) in [5, 5.41) is 0.873. The van der Waals surface area contributed by atoms with E-state index in [1.165, 1.54) is 11.9 Å². The van der Waals surface area contributed by atoms with E-state index in [-0.39, 0.29) is 18.2 Å². The molecule has 0 spiro atoms. The zero-order chi connectivity index (χ0) is 14.7. The monoisotopic (exact) mass is 275 g/mol.